The van der Waals surface area contributed by atoms with Crippen LogP contribution in [0.25, 0.3) is 0 Å². The number of nitrogens with two attached hydrogens (primary N) is 1. The van der Waals surface area contributed by atoms with Gasteiger partial charge in [-0.05, 0) is 31.5 Å². The van der Waals surface area contributed by atoms with Crippen LogP contribution in [-0.4, -0.2) is 25.2 Å². The number of benzene rings is 1. The largest absolute Gasteiger partial charge is 0.486 e. The lowest BCUT2D eigenvalue weighted by Gasteiger charge is -2.21. The Morgan fingerprint density at radius 1 is 1.26 bits per heavy atom. The van der Waals surface area contributed by atoms with E-state index in [0.29, 0.717) is 13.2 Å². The first-order valence-electron chi connectivity index (χ1n) is 6.03. The molecule has 5 nitrogen and oxygen atoms in total. The molecule has 0 bridgehead atoms. The summed E-state index contributed by atoms with van der Waals surface area (Å²) in [4.78, 5) is 11.5. The van der Waals surface area contributed by atoms with E-state index < -0.39 is 6.04 Å². The van der Waals surface area contributed by atoms with Crippen LogP contribution < -0.4 is 20.5 Å². The van der Waals surface area contributed by atoms with Crippen LogP contribution >= 0.6 is 12.4 Å². The van der Waals surface area contributed by atoms with E-state index in [-0.39, 0.29) is 24.4 Å². The van der Waals surface area contributed by atoms with Crippen molar-refractivity contribution in [1.82, 2.24) is 5.32 Å². The Morgan fingerprint density at radius 3 is 2.53 bits per heavy atom. The first-order valence-corrected chi connectivity index (χ1v) is 6.03. The van der Waals surface area contributed by atoms with Crippen LogP contribution in [0.5, 0.6) is 11.5 Å². The average molecular weight is 287 g/mol. The summed E-state index contributed by atoms with van der Waals surface area (Å²) in [5, 5.41) is 2.84. The smallest absolute Gasteiger partial charge is 0.237 e. The van der Waals surface area contributed by atoms with Gasteiger partial charge < -0.3 is 20.5 Å². The molecule has 1 unspecified atom stereocenters. The minimum atomic E-state index is -0.510. The Morgan fingerprint density at radius 2 is 1.89 bits per heavy atom. The Hall–Kier alpha value is -1.46. The predicted molar refractivity (Wildman–Crippen MR) is 74.9 cm³/mol. The Kier molecular flexibility index (Phi) is 5.44. The Bertz CT molecular complexity index is 452. The third kappa shape index (κ3) is 3.75. The highest BCUT2D eigenvalue weighted by molar-refractivity contribution is 5.85. The van der Waals surface area contributed by atoms with E-state index in [1.165, 1.54) is 0 Å². The van der Waals surface area contributed by atoms with Gasteiger partial charge in [-0.25, -0.2) is 0 Å². The lowest BCUT2D eigenvalue weighted by Crippen LogP contribution is -2.39. The zero-order chi connectivity index (χ0) is 13.1. The summed E-state index contributed by atoms with van der Waals surface area (Å²) < 4.78 is 10.9. The quantitative estimate of drug-likeness (QED) is 0.881. The van der Waals surface area contributed by atoms with Crippen LogP contribution in [0.15, 0.2) is 18.2 Å². The van der Waals surface area contributed by atoms with Crippen molar-refractivity contribution in [1.29, 1.82) is 0 Å². The standard InChI is InChI=1S/C13H18N2O3.ClH/c1-8(14)13(16)15-9(2)10-3-4-11-12(7-10)18-6-5-17-11;/h3-4,7-9H,5-6,14H2,1-2H3,(H,15,16);1H/t8-,9?;/m0./s1. The summed E-state index contributed by atoms with van der Waals surface area (Å²) in [6.45, 7) is 4.69. The highest BCUT2D eigenvalue weighted by atomic mass is 35.5. The van der Waals surface area contributed by atoms with Crippen LogP contribution in [0.1, 0.15) is 25.5 Å². The molecule has 0 radical (unpaired) electrons. The summed E-state index contributed by atoms with van der Waals surface area (Å²) in [7, 11) is 0. The number of ether oxygens (including phenoxy) is 2. The number of carbonyl (C=O) groups is 1. The van der Waals surface area contributed by atoms with E-state index in [2.05, 4.69) is 5.32 Å². The second-order valence-electron chi connectivity index (χ2n) is 4.42. The van der Waals surface area contributed by atoms with Gasteiger partial charge >= 0.3 is 0 Å². The molecule has 1 aliphatic heterocycles. The van der Waals surface area contributed by atoms with Crippen molar-refractivity contribution in [3.63, 3.8) is 0 Å². The van der Waals surface area contributed by atoms with Gasteiger partial charge in [0, 0.05) is 0 Å². The van der Waals surface area contributed by atoms with Gasteiger partial charge in [0.05, 0.1) is 12.1 Å². The second-order valence-corrected chi connectivity index (χ2v) is 4.42. The summed E-state index contributed by atoms with van der Waals surface area (Å²) in [5.74, 6) is 1.30. The fraction of sp³-hybridized carbons (Fsp3) is 0.462. The molecule has 0 saturated carbocycles. The van der Waals surface area contributed by atoms with Crippen LogP contribution in [-0.2, 0) is 4.79 Å². The molecular weight excluding hydrogens is 268 g/mol. The molecule has 3 N–H and O–H groups in total. The molecule has 1 aromatic carbocycles. The summed E-state index contributed by atoms with van der Waals surface area (Å²) in [6.07, 6.45) is 0. The molecule has 0 aromatic heterocycles. The Labute approximate surface area is 118 Å². The fourth-order valence-corrected chi connectivity index (χ4v) is 1.76. The topological polar surface area (TPSA) is 73.6 Å². The number of hydrogen-bond donors (Lipinski definition) is 2. The van der Waals surface area contributed by atoms with Crippen molar-refractivity contribution < 1.29 is 14.3 Å². The molecule has 0 spiro atoms. The van der Waals surface area contributed by atoms with E-state index in [0.717, 1.165) is 17.1 Å². The van der Waals surface area contributed by atoms with E-state index in [4.69, 9.17) is 15.2 Å². The first kappa shape index (κ1) is 15.6. The van der Waals surface area contributed by atoms with Crippen molar-refractivity contribution in [3.05, 3.63) is 23.8 Å². The molecule has 1 aliphatic rings. The van der Waals surface area contributed by atoms with Crippen molar-refractivity contribution in [2.45, 2.75) is 25.9 Å². The molecule has 2 atom stereocenters. The third-order valence-electron chi connectivity index (χ3n) is 2.84. The maximum absolute atomic E-state index is 11.5. The molecule has 0 fully saturated rings. The molecule has 6 heteroatoms. The lowest BCUT2D eigenvalue weighted by atomic mass is 10.1. The number of amides is 1. The van der Waals surface area contributed by atoms with Gasteiger partial charge in [-0.1, -0.05) is 6.07 Å². The van der Waals surface area contributed by atoms with E-state index >= 15 is 0 Å². The number of halogens is 1. The van der Waals surface area contributed by atoms with Crippen LogP contribution in [0.2, 0.25) is 0 Å². The first-order chi connectivity index (χ1) is 8.58. The number of rotatable bonds is 3. The van der Waals surface area contributed by atoms with Gasteiger partial charge in [-0.3, -0.25) is 4.79 Å². The second kappa shape index (κ2) is 6.63. The van der Waals surface area contributed by atoms with Gasteiger partial charge in [0.25, 0.3) is 0 Å². The van der Waals surface area contributed by atoms with Gasteiger partial charge in [-0.15, -0.1) is 12.4 Å². The molecule has 1 aromatic rings. The monoisotopic (exact) mass is 286 g/mol. The molecule has 2 rings (SSSR count). The molecule has 0 saturated heterocycles. The lowest BCUT2D eigenvalue weighted by molar-refractivity contribution is -0.122. The number of fused-ring (bicyclic) bond motifs is 1. The third-order valence-corrected chi connectivity index (χ3v) is 2.84. The Balaban J connectivity index is 0.00000180. The minimum absolute atomic E-state index is 0. The van der Waals surface area contributed by atoms with Gasteiger partial charge in [-0.2, -0.15) is 0 Å². The van der Waals surface area contributed by atoms with Crippen molar-refractivity contribution in [2.75, 3.05) is 13.2 Å². The number of carbonyl (C=O) groups excluding carboxylic acids is 1. The molecule has 106 valence electrons. The van der Waals surface area contributed by atoms with E-state index in [9.17, 15) is 4.79 Å². The van der Waals surface area contributed by atoms with E-state index in [1.807, 2.05) is 25.1 Å². The van der Waals surface area contributed by atoms with Gasteiger partial charge in [0.1, 0.15) is 13.2 Å². The average Bonchev–Trinajstić information content (AvgIpc) is 2.37. The number of nitrogens with one attached hydrogen (secondary N) is 1. The molecule has 0 aliphatic carbocycles. The van der Waals surface area contributed by atoms with Gasteiger partial charge in [0.2, 0.25) is 5.91 Å². The van der Waals surface area contributed by atoms with Crippen molar-refractivity contribution in [3.8, 4) is 11.5 Å². The van der Waals surface area contributed by atoms with Crippen molar-refractivity contribution in [2.24, 2.45) is 5.73 Å². The van der Waals surface area contributed by atoms with Crippen molar-refractivity contribution >= 4 is 18.3 Å². The van der Waals surface area contributed by atoms with Crippen LogP contribution in [0, 0.1) is 0 Å². The van der Waals surface area contributed by atoms with Crippen LogP contribution in [0.3, 0.4) is 0 Å². The predicted octanol–water partition coefficient (Wildman–Crippen LogP) is 1.40. The summed E-state index contributed by atoms with van der Waals surface area (Å²) in [6, 6.07) is 5.04. The fourth-order valence-electron chi connectivity index (χ4n) is 1.76. The minimum Gasteiger partial charge on any atom is -0.486 e. The molecule has 19 heavy (non-hydrogen) atoms. The molecular formula is C13H19ClN2O3. The summed E-state index contributed by atoms with van der Waals surface area (Å²) in [5.41, 5.74) is 6.48. The molecule has 1 heterocycles. The highest BCUT2D eigenvalue weighted by Crippen LogP contribution is 2.32. The van der Waals surface area contributed by atoms with E-state index in [1.54, 1.807) is 6.92 Å². The SMILES string of the molecule is CC(NC(=O)[C@H](C)N)c1ccc2c(c1)OCCO2.Cl. The zero-order valence-electron chi connectivity index (χ0n) is 11.0. The number of hydrogen-bond acceptors (Lipinski definition) is 4. The highest BCUT2D eigenvalue weighted by Gasteiger charge is 2.16. The summed E-state index contributed by atoms with van der Waals surface area (Å²) >= 11 is 0. The maximum Gasteiger partial charge on any atom is 0.237 e. The normalized spacial score (nSPS) is 15.9. The van der Waals surface area contributed by atoms with Crippen LogP contribution in [0.4, 0.5) is 0 Å². The maximum atomic E-state index is 11.5. The van der Waals surface area contributed by atoms with Gasteiger partial charge in [0.15, 0.2) is 11.5 Å². The molecule has 1 amide bonds. The zero-order valence-corrected chi connectivity index (χ0v) is 11.8.